The van der Waals surface area contributed by atoms with E-state index in [0.29, 0.717) is 12.0 Å². The van der Waals surface area contributed by atoms with Gasteiger partial charge in [0.15, 0.2) is 6.29 Å². The minimum absolute atomic E-state index is 0.385. The fourth-order valence-corrected chi connectivity index (χ4v) is 1.74. The first kappa shape index (κ1) is 9.98. The third-order valence-electron chi connectivity index (χ3n) is 1.96. The second-order valence-electron chi connectivity index (χ2n) is 2.93. The van der Waals surface area contributed by atoms with Gasteiger partial charge in [0.25, 0.3) is 0 Å². The van der Waals surface area contributed by atoms with Gasteiger partial charge >= 0.3 is 0 Å². The number of hydrogen-bond donors (Lipinski definition) is 0. The normalized spacial score (nSPS) is 9.93. The van der Waals surface area contributed by atoms with Crippen LogP contribution in [0.1, 0.15) is 10.5 Å². The lowest BCUT2D eigenvalue weighted by molar-refractivity contribution is 0.111. The van der Waals surface area contributed by atoms with Crippen LogP contribution in [-0.4, -0.2) is 16.3 Å². The van der Waals surface area contributed by atoms with Crippen LogP contribution in [0.15, 0.2) is 41.1 Å². The first-order valence-corrected chi connectivity index (χ1v) is 5.12. The highest BCUT2D eigenvalue weighted by molar-refractivity contribution is 9.10. The van der Waals surface area contributed by atoms with Gasteiger partial charge in [0.05, 0.1) is 5.69 Å². The molecule has 0 saturated carbocycles. The molecule has 1 aromatic carbocycles. The largest absolute Gasteiger partial charge is 0.296 e. The van der Waals surface area contributed by atoms with Gasteiger partial charge in [0.1, 0.15) is 12.0 Å². The molecule has 0 atom stereocenters. The summed E-state index contributed by atoms with van der Waals surface area (Å²) < 4.78 is 0.945. The van der Waals surface area contributed by atoms with Crippen LogP contribution in [0.5, 0.6) is 0 Å². The van der Waals surface area contributed by atoms with Crippen LogP contribution in [0.4, 0.5) is 0 Å². The second-order valence-corrected chi connectivity index (χ2v) is 3.78. The van der Waals surface area contributed by atoms with E-state index in [2.05, 4.69) is 25.9 Å². The molecule has 0 fully saturated rings. The molecule has 0 unspecified atom stereocenters. The monoisotopic (exact) mass is 262 g/mol. The Morgan fingerprint density at radius 3 is 2.73 bits per heavy atom. The first-order valence-electron chi connectivity index (χ1n) is 4.33. The average Bonchev–Trinajstić information content (AvgIpc) is 2.30. The maximum Gasteiger partial charge on any atom is 0.168 e. The van der Waals surface area contributed by atoms with Gasteiger partial charge in [-0.1, -0.05) is 34.1 Å². The van der Waals surface area contributed by atoms with Crippen molar-refractivity contribution in [1.29, 1.82) is 0 Å². The van der Waals surface area contributed by atoms with Crippen LogP contribution < -0.4 is 0 Å². The summed E-state index contributed by atoms with van der Waals surface area (Å²) in [6.07, 6.45) is 2.10. The van der Waals surface area contributed by atoms with Crippen LogP contribution in [0.3, 0.4) is 0 Å². The van der Waals surface area contributed by atoms with E-state index in [-0.39, 0.29) is 0 Å². The minimum Gasteiger partial charge on any atom is -0.296 e. The smallest absolute Gasteiger partial charge is 0.168 e. The maximum atomic E-state index is 10.6. The molecule has 0 aliphatic carbocycles. The zero-order chi connectivity index (χ0) is 10.7. The van der Waals surface area contributed by atoms with E-state index in [0.717, 1.165) is 15.7 Å². The van der Waals surface area contributed by atoms with Gasteiger partial charge in [-0.15, -0.1) is 0 Å². The fraction of sp³-hybridized carbons (Fsp3) is 0. The van der Waals surface area contributed by atoms with Crippen molar-refractivity contribution >= 4 is 22.2 Å². The Morgan fingerprint density at radius 2 is 2.00 bits per heavy atom. The molecular formula is C11H7BrN2O. The zero-order valence-electron chi connectivity index (χ0n) is 7.72. The van der Waals surface area contributed by atoms with E-state index in [1.165, 1.54) is 6.33 Å². The molecule has 0 saturated heterocycles. The first-order chi connectivity index (χ1) is 7.31. The standard InChI is InChI=1S/C11H7BrN2O/c12-10-4-2-1-3-9(10)11-5-8(6-15)13-7-14-11/h1-7H. The molecule has 74 valence electrons. The van der Waals surface area contributed by atoms with E-state index in [4.69, 9.17) is 0 Å². The predicted molar refractivity (Wildman–Crippen MR) is 60.6 cm³/mol. The summed E-state index contributed by atoms with van der Waals surface area (Å²) in [5.41, 5.74) is 2.07. The molecular weight excluding hydrogens is 256 g/mol. The maximum absolute atomic E-state index is 10.6. The molecule has 3 nitrogen and oxygen atoms in total. The van der Waals surface area contributed by atoms with Gasteiger partial charge in [-0.05, 0) is 12.1 Å². The number of hydrogen-bond acceptors (Lipinski definition) is 3. The summed E-state index contributed by atoms with van der Waals surface area (Å²) >= 11 is 3.43. The van der Waals surface area contributed by atoms with E-state index in [1.807, 2.05) is 24.3 Å². The Labute approximate surface area is 95.3 Å². The van der Waals surface area contributed by atoms with Gasteiger partial charge in [-0.25, -0.2) is 9.97 Å². The lowest BCUT2D eigenvalue weighted by Gasteiger charge is -2.02. The van der Waals surface area contributed by atoms with Crippen LogP contribution in [0, 0.1) is 0 Å². The van der Waals surface area contributed by atoms with Crippen molar-refractivity contribution in [3.05, 3.63) is 46.8 Å². The Kier molecular flexibility index (Phi) is 2.87. The molecule has 0 aliphatic heterocycles. The van der Waals surface area contributed by atoms with E-state index in [9.17, 15) is 4.79 Å². The van der Waals surface area contributed by atoms with Gasteiger partial charge < -0.3 is 0 Å². The SMILES string of the molecule is O=Cc1cc(-c2ccccc2Br)ncn1. The minimum atomic E-state index is 0.385. The molecule has 0 radical (unpaired) electrons. The number of carbonyl (C=O) groups is 1. The summed E-state index contributed by atoms with van der Waals surface area (Å²) in [7, 11) is 0. The highest BCUT2D eigenvalue weighted by Crippen LogP contribution is 2.25. The second kappa shape index (κ2) is 4.31. The lowest BCUT2D eigenvalue weighted by Crippen LogP contribution is -1.91. The van der Waals surface area contributed by atoms with E-state index < -0.39 is 0 Å². The summed E-state index contributed by atoms with van der Waals surface area (Å²) in [6.45, 7) is 0. The Balaban J connectivity index is 2.54. The molecule has 0 aliphatic rings. The number of benzene rings is 1. The van der Waals surface area contributed by atoms with E-state index >= 15 is 0 Å². The highest BCUT2D eigenvalue weighted by Gasteiger charge is 2.04. The fourth-order valence-electron chi connectivity index (χ4n) is 1.25. The van der Waals surface area contributed by atoms with Crippen molar-refractivity contribution in [1.82, 2.24) is 9.97 Å². The van der Waals surface area contributed by atoms with Crippen LogP contribution in [-0.2, 0) is 0 Å². The molecule has 0 N–H and O–H groups in total. The molecule has 0 bridgehead atoms. The molecule has 0 spiro atoms. The zero-order valence-corrected chi connectivity index (χ0v) is 9.31. The van der Waals surface area contributed by atoms with E-state index in [1.54, 1.807) is 6.07 Å². The molecule has 1 heterocycles. The van der Waals surface area contributed by atoms with Crippen molar-refractivity contribution in [2.45, 2.75) is 0 Å². The number of aromatic nitrogens is 2. The third-order valence-corrected chi connectivity index (χ3v) is 2.65. The van der Waals surface area contributed by atoms with Crippen molar-refractivity contribution in [3.8, 4) is 11.3 Å². The summed E-state index contributed by atoms with van der Waals surface area (Å²) in [5.74, 6) is 0. The molecule has 15 heavy (non-hydrogen) atoms. The summed E-state index contributed by atoms with van der Waals surface area (Å²) in [6, 6.07) is 9.37. The number of carbonyl (C=O) groups excluding carboxylic acids is 1. The highest BCUT2D eigenvalue weighted by atomic mass is 79.9. The van der Waals surface area contributed by atoms with Gasteiger partial charge in [-0.2, -0.15) is 0 Å². The van der Waals surface area contributed by atoms with Crippen LogP contribution in [0.2, 0.25) is 0 Å². The summed E-state index contributed by atoms with van der Waals surface area (Å²) in [5, 5.41) is 0. The topological polar surface area (TPSA) is 42.9 Å². The Bertz CT molecular complexity index is 499. The van der Waals surface area contributed by atoms with Crippen LogP contribution >= 0.6 is 15.9 Å². The summed E-state index contributed by atoms with van der Waals surface area (Å²) in [4.78, 5) is 18.5. The lowest BCUT2D eigenvalue weighted by atomic mass is 10.1. The predicted octanol–water partition coefficient (Wildman–Crippen LogP) is 2.72. The molecule has 2 rings (SSSR count). The van der Waals surface area contributed by atoms with Gasteiger partial charge in [0.2, 0.25) is 0 Å². The van der Waals surface area contributed by atoms with Gasteiger partial charge in [0, 0.05) is 10.0 Å². The Hall–Kier alpha value is -1.55. The van der Waals surface area contributed by atoms with Crippen molar-refractivity contribution in [2.75, 3.05) is 0 Å². The van der Waals surface area contributed by atoms with Crippen molar-refractivity contribution < 1.29 is 4.79 Å². The average molecular weight is 263 g/mol. The molecule has 2 aromatic rings. The molecule has 4 heteroatoms. The third kappa shape index (κ3) is 2.10. The van der Waals surface area contributed by atoms with Crippen molar-refractivity contribution in [3.63, 3.8) is 0 Å². The van der Waals surface area contributed by atoms with Crippen molar-refractivity contribution in [2.24, 2.45) is 0 Å². The van der Waals surface area contributed by atoms with Gasteiger partial charge in [-0.3, -0.25) is 4.79 Å². The molecule has 0 amide bonds. The quantitative estimate of drug-likeness (QED) is 0.782. The number of rotatable bonds is 2. The number of halogens is 1. The number of aldehydes is 1. The number of nitrogens with zero attached hydrogens (tertiary/aromatic N) is 2. The Morgan fingerprint density at radius 1 is 1.20 bits per heavy atom. The molecule has 1 aromatic heterocycles. The van der Waals surface area contributed by atoms with Crippen LogP contribution in [0.25, 0.3) is 11.3 Å².